The van der Waals surface area contributed by atoms with Crippen LogP contribution in [0.5, 0.6) is 0 Å². The number of nitrogens with zero attached hydrogens (tertiary/aromatic N) is 2. The summed E-state index contributed by atoms with van der Waals surface area (Å²) in [5, 5.41) is 0.653. The van der Waals surface area contributed by atoms with E-state index in [0.717, 1.165) is 10.0 Å². The Morgan fingerprint density at radius 3 is 2.88 bits per heavy atom. The zero-order chi connectivity index (χ0) is 18.1. The van der Waals surface area contributed by atoms with Gasteiger partial charge in [-0.3, -0.25) is 9.69 Å². The highest BCUT2D eigenvalue weighted by molar-refractivity contribution is 9.10. The van der Waals surface area contributed by atoms with Crippen LogP contribution in [0.3, 0.4) is 0 Å². The van der Waals surface area contributed by atoms with E-state index in [1.54, 1.807) is 37.4 Å². The number of carbonyl (C=O) groups is 2. The lowest BCUT2D eigenvalue weighted by molar-refractivity contribution is -0.143. The van der Waals surface area contributed by atoms with Crippen molar-refractivity contribution in [1.29, 1.82) is 0 Å². The minimum absolute atomic E-state index is 0.0233. The van der Waals surface area contributed by atoms with Crippen molar-refractivity contribution in [3.8, 4) is 0 Å². The quantitative estimate of drug-likeness (QED) is 0.689. The van der Waals surface area contributed by atoms with E-state index in [1.807, 2.05) is 24.3 Å². The first-order valence-electron chi connectivity index (χ1n) is 8.09. The number of carbonyl (C=O) groups excluding carboxylic acids is 2. The van der Waals surface area contributed by atoms with Crippen LogP contribution >= 0.6 is 27.7 Å². The van der Waals surface area contributed by atoms with Gasteiger partial charge in [-0.25, -0.2) is 9.79 Å². The van der Waals surface area contributed by atoms with E-state index in [0.29, 0.717) is 28.6 Å². The summed E-state index contributed by atoms with van der Waals surface area (Å²) < 4.78 is 6.32. The van der Waals surface area contributed by atoms with Crippen molar-refractivity contribution < 1.29 is 14.3 Å². The summed E-state index contributed by atoms with van der Waals surface area (Å²) in [5.74, 6) is 0.256. The highest BCUT2D eigenvalue weighted by atomic mass is 79.9. The standard InChI is InChI=1S/C18H19BrN2O3S/c1-10(2)24-17(23)15-11(3)20-18-21(14(22)7-8-25-18)16(15)12-5-4-6-13(19)9-12/h4-6,9-10,16H,7-8H2,1-3H3. The van der Waals surface area contributed by atoms with Crippen LogP contribution in [0, 0.1) is 0 Å². The fourth-order valence-corrected chi connectivity index (χ4v) is 4.35. The first-order valence-corrected chi connectivity index (χ1v) is 9.87. The lowest BCUT2D eigenvalue weighted by Gasteiger charge is -2.39. The molecule has 1 aromatic rings. The van der Waals surface area contributed by atoms with Crippen LogP contribution in [0.1, 0.15) is 38.8 Å². The molecule has 3 rings (SSSR count). The van der Waals surface area contributed by atoms with Gasteiger partial charge in [0.05, 0.1) is 23.4 Å². The molecular formula is C18H19BrN2O3S. The maximum absolute atomic E-state index is 12.8. The second-order valence-electron chi connectivity index (χ2n) is 6.17. The monoisotopic (exact) mass is 422 g/mol. The zero-order valence-electron chi connectivity index (χ0n) is 14.3. The molecule has 25 heavy (non-hydrogen) atoms. The Morgan fingerprint density at radius 1 is 1.44 bits per heavy atom. The number of amidine groups is 1. The van der Waals surface area contributed by atoms with Crippen LogP contribution in [0.25, 0.3) is 0 Å². The molecule has 0 aromatic heterocycles. The van der Waals surface area contributed by atoms with E-state index in [1.165, 1.54) is 0 Å². The van der Waals surface area contributed by atoms with Gasteiger partial charge in [-0.2, -0.15) is 0 Å². The lowest BCUT2D eigenvalue weighted by atomic mass is 9.94. The van der Waals surface area contributed by atoms with Gasteiger partial charge in [0.2, 0.25) is 5.91 Å². The topological polar surface area (TPSA) is 59.0 Å². The van der Waals surface area contributed by atoms with Gasteiger partial charge < -0.3 is 4.74 Å². The summed E-state index contributed by atoms with van der Waals surface area (Å²) in [6.45, 7) is 5.41. The molecule has 0 radical (unpaired) electrons. The Balaban J connectivity index is 2.14. The van der Waals surface area contributed by atoms with E-state index >= 15 is 0 Å². The van der Waals surface area contributed by atoms with Crippen LogP contribution in [-0.4, -0.2) is 33.8 Å². The Labute approximate surface area is 159 Å². The predicted molar refractivity (Wildman–Crippen MR) is 102 cm³/mol. The largest absolute Gasteiger partial charge is 0.459 e. The Hall–Kier alpha value is -1.60. The predicted octanol–water partition coefficient (Wildman–Crippen LogP) is 4.05. The van der Waals surface area contributed by atoms with Gasteiger partial charge in [0.15, 0.2) is 5.17 Å². The van der Waals surface area contributed by atoms with Gasteiger partial charge in [0.25, 0.3) is 0 Å². The second kappa shape index (κ2) is 7.33. The van der Waals surface area contributed by atoms with Crippen molar-refractivity contribution in [2.45, 2.75) is 39.3 Å². The molecule has 132 valence electrons. The normalized spacial score (nSPS) is 20.5. The molecule has 0 spiro atoms. The highest BCUT2D eigenvalue weighted by Gasteiger charge is 2.41. The smallest absolute Gasteiger partial charge is 0.338 e. The molecule has 0 N–H and O–H groups in total. The molecule has 7 heteroatoms. The van der Waals surface area contributed by atoms with Crippen LogP contribution in [0.4, 0.5) is 0 Å². The number of ether oxygens (including phenoxy) is 1. The van der Waals surface area contributed by atoms with Crippen molar-refractivity contribution in [3.63, 3.8) is 0 Å². The van der Waals surface area contributed by atoms with Crippen molar-refractivity contribution in [2.24, 2.45) is 4.99 Å². The number of amides is 1. The molecule has 1 fully saturated rings. The summed E-state index contributed by atoms with van der Waals surface area (Å²) in [7, 11) is 0. The fourth-order valence-electron chi connectivity index (χ4n) is 2.93. The fraction of sp³-hybridized carbons (Fsp3) is 0.389. The number of rotatable bonds is 3. The molecule has 2 heterocycles. The molecule has 2 aliphatic heterocycles. The van der Waals surface area contributed by atoms with E-state index in [-0.39, 0.29) is 12.0 Å². The maximum Gasteiger partial charge on any atom is 0.338 e. The van der Waals surface area contributed by atoms with Gasteiger partial charge in [-0.15, -0.1) is 0 Å². The Morgan fingerprint density at radius 2 is 2.20 bits per heavy atom. The number of allylic oxidation sites excluding steroid dienone is 1. The third-order valence-electron chi connectivity index (χ3n) is 3.93. The molecule has 1 atom stereocenters. The summed E-state index contributed by atoms with van der Waals surface area (Å²) >= 11 is 5.02. The van der Waals surface area contributed by atoms with Crippen LogP contribution in [-0.2, 0) is 14.3 Å². The zero-order valence-corrected chi connectivity index (χ0v) is 16.7. The first kappa shape index (κ1) is 18.2. The summed E-state index contributed by atoms with van der Waals surface area (Å²) in [5.41, 5.74) is 1.88. The average molecular weight is 423 g/mol. The number of thioether (sulfide) groups is 1. The summed E-state index contributed by atoms with van der Waals surface area (Å²) in [4.78, 5) is 31.6. The molecule has 0 aliphatic carbocycles. The molecule has 0 bridgehead atoms. The number of fused-ring (bicyclic) bond motifs is 1. The Kier molecular flexibility index (Phi) is 5.34. The molecule has 0 saturated carbocycles. The van der Waals surface area contributed by atoms with Crippen LogP contribution < -0.4 is 0 Å². The third kappa shape index (κ3) is 3.67. The van der Waals surface area contributed by atoms with Gasteiger partial charge in [0, 0.05) is 16.6 Å². The van der Waals surface area contributed by atoms with Crippen LogP contribution in [0.2, 0.25) is 0 Å². The number of benzene rings is 1. The number of halogens is 1. The maximum atomic E-state index is 12.8. The number of hydrogen-bond acceptors (Lipinski definition) is 5. The lowest BCUT2D eigenvalue weighted by Crippen LogP contribution is -2.46. The van der Waals surface area contributed by atoms with E-state index in [2.05, 4.69) is 20.9 Å². The molecule has 1 aromatic carbocycles. The highest BCUT2D eigenvalue weighted by Crippen LogP contribution is 2.40. The summed E-state index contributed by atoms with van der Waals surface area (Å²) in [6.07, 6.45) is 0.187. The van der Waals surface area contributed by atoms with Crippen molar-refractivity contribution in [1.82, 2.24) is 4.90 Å². The number of hydrogen-bond donors (Lipinski definition) is 0. The molecule has 1 unspecified atom stereocenters. The minimum Gasteiger partial charge on any atom is -0.459 e. The first-order chi connectivity index (χ1) is 11.9. The SMILES string of the molecule is CC1=C(C(=O)OC(C)C)C(c2cccc(Br)c2)N2C(=O)CCSC2=N1. The van der Waals surface area contributed by atoms with Gasteiger partial charge in [0.1, 0.15) is 0 Å². The molecule has 2 aliphatic rings. The minimum atomic E-state index is -0.517. The van der Waals surface area contributed by atoms with Crippen molar-refractivity contribution in [2.75, 3.05) is 5.75 Å². The Bertz CT molecular complexity index is 788. The van der Waals surface area contributed by atoms with Crippen molar-refractivity contribution in [3.05, 3.63) is 45.6 Å². The third-order valence-corrected chi connectivity index (χ3v) is 5.38. The number of aliphatic imine (C=N–C) groups is 1. The number of esters is 1. The molecule has 1 saturated heterocycles. The van der Waals surface area contributed by atoms with Crippen LogP contribution in [0.15, 0.2) is 45.0 Å². The average Bonchev–Trinajstić information content (AvgIpc) is 2.53. The van der Waals surface area contributed by atoms with E-state index in [4.69, 9.17) is 4.74 Å². The molecule has 5 nitrogen and oxygen atoms in total. The second-order valence-corrected chi connectivity index (χ2v) is 8.15. The van der Waals surface area contributed by atoms with E-state index in [9.17, 15) is 9.59 Å². The van der Waals surface area contributed by atoms with E-state index < -0.39 is 12.0 Å². The van der Waals surface area contributed by atoms with Gasteiger partial charge in [-0.05, 0) is 38.5 Å². The molecule has 1 amide bonds. The van der Waals surface area contributed by atoms with Gasteiger partial charge in [-0.1, -0.05) is 39.8 Å². The van der Waals surface area contributed by atoms with Gasteiger partial charge >= 0.3 is 5.97 Å². The van der Waals surface area contributed by atoms with Crippen molar-refractivity contribution >= 4 is 44.7 Å². The summed E-state index contributed by atoms with van der Waals surface area (Å²) in [6, 6.07) is 7.14. The molecular weight excluding hydrogens is 404 g/mol.